The molecule has 0 unspecified atom stereocenters. The predicted molar refractivity (Wildman–Crippen MR) is 60.4 cm³/mol. The van der Waals surface area contributed by atoms with E-state index in [0.717, 1.165) is 6.42 Å². The first-order valence-electron chi connectivity index (χ1n) is 5.86. The Morgan fingerprint density at radius 1 is 1.53 bits per heavy atom. The average Bonchev–Trinajstić information content (AvgIpc) is 2.41. The van der Waals surface area contributed by atoms with E-state index in [2.05, 4.69) is 13.8 Å². The van der Waals surface area contributed by atoms with Crippen molar-refractivity contribution in [2.24, 2.45) is 5.92 Å². The third-order valence-electron chi connectivity index (χ3n) is 3.02. The fourth-order valence-corrected chi connectivity index (χ4v) is 2.14. The molecule has 0 aromatic carbocycles. The summed E-state index contributed by atoms with van der Waals surface area (Å²) in [6.07, 6.45) is 1.52. The molecule has 3 nitrogen and oxygen atoms in total. The van der Waals surface area contributed by atoms with E-state index in [1.165, 1.54) is 0 Å². The van der Waals surface area contributed by atoms with E-state index in [-0.39, 0.29) is 11.9 Å². The number of carbonyl (C=O) groups is 1. The third kappa shape index (κ3) is 2.51. The second kappa shape index (κ2) is 4.52. The zero-order chi connectivity index (χ0) is 11.6. The molecule has 1 rings (SSSR count). The fourth-order valence-electron chi connectivity index (χ4n) is 2.14. The zero-order valence-corrected chi connectivity index (χ0v) is 10.5. The first-order chi connectivity index (χ1) is 6.90. The van der Waals surface area contributed by atoms with Crippen LogP contribution in [0.1, 0.15) is 47.5 Å². The molecule has 1 amide bonds. The normalized spacial score (nSPS) is 24.9. The lowest BCUT2D eigenvalue weighted by Gasteiger charge is -2.35. The van der Waals surface area contributed by atoms with Crippen LogP contribution in [0.2, 0.25) is 0 Å². The fraction of sp³-hybridized carbons (Fsp3) is 0.917. The van der Waals surface area contributed by atoms with Crippen LogP contribution in [0, 0.1) is 5.92 Å². The number of rotatable bonds is 3. The van der Waals surface area contributed by atoms with Crippen LogP contribution < -0.4 is 0 Å². The van der Waals surface area contributed by atoms with Crippen molar-refractivity contribution < 1.29 is 9.53 Å². The Kier molecular flexibility index (Phi) is 3.77. The second-order valence-electron chi connectivity index (χ2n) is 5.08. The minimum atomic E-state index is -0.429. The molecule has 88 valence electrons. The lowest BCUT2D eigenvalue weighted by Crippen LogP contribution is -2.49. The highest BCUT2D eigenvalue weighted by Crippen LogP contribution is 2.31. The highest BCUT2D eigenvalue weighted by Gasteiger charge is 2.44. The maximum Gasteiger partial charge on any atom is 0.225 e. The van der Waals surface area contributed by atoms with Gasteiger partial charge in [-0.05, 0) is 26.2 Å². The number of ether oxygens (including phenoxy) is 1. The van der Waals surface area contributed by atoms with Crippen molar-refractivity contribution in [3.63, 3.8) is 0 Å². The predicted octanol–water partition coefficient (Wildman–Crippen LogP) is 2.41. The lowest BCUT2D eigenvalue weighted by atomic mass is 10.0. The quantitative estimate of drug-likeness (QED) is 0.720. The number of amides is 1. The van der Waals surface area contributed by atoms with Crippen molar-refractivity contribution in [3.8, 4) is 0 Å². The van der Waals surface area contributed by atoms with Crippen LogP contribution in [0.4, 0.5) is 0 Å². The molecule has 1 fully saturated rings. The summed E-state index contributed by atoms with van der Waals surface area (Å²) in [6.45, 7) is 10.9. The minimum Gasteiger partial charge on any atom is -0.354 e. The Bertz CT molecular complexity index is 236. The first-order valence-corrected chi connectivity index (χ1v) is 5.86. The molecule has 0 aromatic heterocycles. The molecule has 0 spiro atoms. The van der Waals surface area contributed by atoms with Crippen molar-refractivity contribution in [2.45, 2.75) is 59.2 Å². The minimum absolute atomic E-state index is 0.221. The number of hydrogen-bond acceptors (Lipinski definition) is 2. The number of hydrogen-bond donors (Lipinski definition) is 0. The van der Waals surface area contributed by atoms with E-state index < -0.39 is 5.72 Å². The van der Waals surface area contributed by atoms with Gasteiger partial charge in [0.05, 0.1) is 12.6 Å². The molecular weight excluding hydrogens is 190 g/mol. The zero-order valence-electron chi connectivity index (χ0n) is 10.5. The van der Waals surface area contributed by atoms with E-state index >= 15 is 0 Å². The Labute approximate surface area is 92.8 Å². The van der Waals surface area contributed by atoms with E-state index in [4.69, 9.17) is 4.74 Å². The van der Waals surface area contributed by atoms with Gasteiger partial charge in [-0.2, -0.15) is 0 Å². The topological polar surface area (TPSA) is 29.5 Å². The standard InChI is InChI=1S/C12H23NO2/c1-6-7-11(14)13-10(9(2)3)8-15-12(13,4)5/h9-10H,6-8H2,1-5H3/t10-/m1/s1. The van der Waals surface area contributed by atoms with Crippen LogP contribution in [0.25, 0.3) is 0 Å². The van der Waals surface area contributed by atoms with Crippen molar-refractivity contribution in [1.82, 2.24) is 4.90 Å². The first kappa shape index (κ1) is 12.5. The van der Waals surface area contributed by atoms with Gasteiger partial charge in [0, 0.05) is 6.42 Å². The molecule has 0 bridgehead atoms. The highest BCUT2D eigenvalue weighted by molar-refractivity contribution is 5.77. The van der Waals surface area contributed by atoms with Crippen LogP contribution in [-0.2, 0) is 9.53 Å². The maximum atomic E-state index is 12.0. The van der Waals surface area contributed by atoms with Gasteiger partial charge in [0.25, 0.3) is 0 Å². The van der Waals surface area contributed by atoms with Crippen molar-refractivity contribution in [1.29, 1.82) is 0 Å². The van der Waals surface area contributed by atoms with Crippen molar-refractivity contribution >= 4 is 5.91 Å². The van der Waals surface area contributed by atoms with Crippen LogP contribution >= 0.6 is 0 Å². The molecule has 1 aliphatic rings. The molecule has 0 radical (unpaired) electrons. The Hall–Kier alpha value is -0.570. The Balaban J connectivity index is 2.82. The molecule has 0 N–H and O–H groups in total. The molecular formula is C12H23NO2. The molecule has 15 heavy (non-hydrogen) atoms. The van der Waals surface area contributed by atoms with Gasteiger partial charge in [-0.15, -0.1) is 0 Å². The average molecular weight is 213 g/mol. The van der Waals surface area contributed by atoms with Gasteiger partial charge in [0.2, 0.25) is 5.91 Å². The second-order valence-corrected chi connectivity index (χ2v) is 5.08. The number of carbonyl (C=O) groups excluding carboxylic acids is 1. The Morgan fingerprint density at radius 2 is 2.13 bits per heavy atom. The molecule has 1 aliphatic heterocycles. The van der Waals surface area contributed by atoms with E-state index in [1.807, 2.05) is 25.7 Å². The van der Waals surface area contributed by atoms with Gasteiger partial charge in [0.1, 0.15) is 5.72 Å². The van der Waals surface area contributed by atoms with Crippen LogP contribution in [0.3, 0.4) is 0 Å². The smallest absolute Gasteiger partial charge is 0.225 e. The van der Waals surface area contributed by atoms with Gasteiger partial charge < -0.3 is 9.64 Å². The summed E-state index contributed by atoms with van der Waals surface area (Å²) in [5, 5.41) is 0. The van der Waals surface area contributed by atoms with Gasteiger partial charge in [-0.1, -0.05) is 20.8 Å². The molecule has 1 saturated heterocycles. The third-order valence-corrected chi connectivity index (χ3v) is 3.02. The SMILES string of the molecule is CCCC(=O)N1[C@@H](C(C)C)COC1(C)C. The molecule has 0 saturated carbocycles. The molecule has 0 aromatic rings. The summed E-state index contributed by atoms with van der Waals surface area (Å²) in [7, 11) is 0. The van der Waals surface area contributed by atoms with Crippen LogP contribution in [0.5, 0.6) is 0 Å². The maximum absolute atomic E-state index is 12.0. The summed E-state index contributed by atoms with van der Waals surface area (Å²) in [5.41, 5.74) is -0.429. The molecule has 1 heterocycles. The monoisotopic (exact) mass is 213 g/mol. The van der Waals surface area contributed by atoms with Crippen molar-refractivity contribution in [3.05, 3.63) is 0 Å². The van der Waals surface area contributed by atoms with E-state index in [9.17, 15) is 4.79 Å². The van der Waals surface area contributed by atoms with Gasteiger partial charge in [0.15, 0.2) is 0 Å². The van der Waals surface area contributed by atoms with Crippen LogP contribution in [0.15, 0.2) is 0 Å². The van der Waals surface area contributed by atoms with E-state index in [0.29, 0.717) is 18.9 Å². The number of nitrogens with zero attached hydrogens (tertiary/aromatic N) is 1. The summed E-state index contributed by atoms with van der Waals surface area (Å²) in [4.78, 5) is 14.0. The highest BCUT2D eigenvalue weighted by atomic mass is 16.5. The molecule has 3 heteroatoms. The summed E-state index contributed by atoms with van der Waals surface area (Å²) in [6, 6.07) is 0.235. The van der Waals surface area contributed by atoms with Gasteiger partial charge in [-0.3, -0.25) is 4.79 Å². The summed E-state index contributed by atoms with van der Waals surface area (Å²) >= 11 is 0. The summed E-state index contributed by atoms with van der Waals surface area (Å²) in [5.74, 6) is 0.672. The summed E-state index contributed by atoms with van der Waals surface area (Å²) < 4.78 is 5.70. The van der Waals surface area contributed by atoms with Gasteiger partial charge >= 0.3 is 0 Å². The molecule has 1 atom stereocenters. The van der Waals surface area contributed by atoms with Gasteiger partial charge in [-0.25, -0.2) is 0 Å². The van der Waals surface area contributed by atoms with Crippen LogP contribution in [-0.4, -0.2) is 29.2 Å². The molecule has 0 aliphatic carbocycles. The largest absolute Gasteiger partial charge is 0.354 e. The Morgan fingerprint density at radius 3 is 2.60 bits per heavy atom. The van der Waals surface area contributed by atoms with E-state index in [1.54, 1.807) is 0 Å². The lowest BCUT2D eigenvalue weighted by molar-refractivity contribution is -0.146. The van der Waals surface area contributed by atoms with Crippen molar-refractivity contribution in [2.75, 3.05) is 6.61 Å².